The highest BCUT2D eigenvalue weighted by Crippen LogP contribution is 2.21. The second-order valence-electron chi connectivity index (χ2n) is 4.31. The van der Waals surface area contributed by atoms with Gasteiger partial charge in [-0.15, -0.1) is 11.3 Å². The summed E-state index contributed by atoms with van der Waals surface area (Å²) in [5.41, 5.74) is 2.37. The minimum Gasteiger partial charge on any atom is -0.486 e. The van der Waals surface area contributed by atoms with Gasteiger partial charge in [0, 0.05) is 17.6 Å². The summed E-state index contributed by atoms with van der Waals surface area (Å²) in [4.78, 5) is 5.59. The van der Waals surface area contributed by atoms with Crippen LogP contribution in [0.15, 0.2) is 24.4 Å². The van der Waals surface area contributed by atoms with Gasteiger partial charge < -0.3 is 10.1 Å². The highest BCUT2D eigenvalue weighted by Gasteiger charge is 2.04. The maximum atomic E-state index is 5.82. The van der Waals surface area contributed by atoms with E-state index in [0.717, 1.165) is 22.9 Å². The average molecular weight is 262 g/mol. The lowest BCUT2D eigenvalue weighted by Gasteiger charge is -2.08. The Labute approximate surface area is 112 Å². The molecule has 0 spiro atoms. The van der Waals surface area contributed by atoms with Gasteiger partial charge in [0.05, 0.1) is 0 Å². The van der Waals surface area contributed by atoms with E-state index in [2.05, 4.69) is 42.3 Å². The van der Waals surface area contributed by atoms with Crippen LogP contribution in [0, 0.1) is 13.8 Å². The standard InChI is InChI=1S/C14H18N2OS/c1-10-4-5-11(2)13(6-10)17-9-14-16-8-12(18-14)7-15-3/h4-6,8,15H,7,9H2,1-3H3. The van der Waals surface area contributed by atoms with E-state index < -0.39 is 0 Å². The molecule has 3 nitrogen and oxygen atoms in total. The fourth-order valence-electron chi connectivity index (χ4n) is 1.67. The molecule has 1 aromatic heterocycles. The molecule has 96 valence electrons. The van der Waals surface area contributed by atoms with Crippen LogP contribution in [0.4, 0.5) is 0 Å². The summed E-state index contributed by atoms with van der Waals surface area (Å²) in [6.45, 7) is 5.53. The first-order valence-electron chi connectivity index (χ1n) is 5.97. The zero-order valence-electron chi connectivity index (χ0n) is 11.0. The molecule has 0 unspecified atom stereocenters. The van der Waals surface area contributed by atoms with Crippen molar-refractivity contribution in [1.82, 2.24) is 10.3 Å². The number of benzene rings is 1. The Morgan fingerprint density at radius 3 is 2.94 bits per heavy atom. The van der Waals surface area contributed by atoms with Crippen LogP contribution in [-0.2, 0) is 13.2 Å². The average Bonchev–Trinajstić information content (AvgIpc) is 2.79. The number of aromatic nitrogens is 1. The summed E-state index contributed by atoms with van der Waals surface area (Å²) in [7, 11) is 1.94. The van der Waals surface area contributed by atoms with Crippen molar-refractivity contribution in [1.29, 1.82) is 0 Å². The maximum absolute atomic E-state index is 5.82. The summed E-state index contributed by atoms with van der Waals surface area (Å²) in [5, 5.41) is 4.13. The normalized spacial score (nSPS) is 10.6. The maximum Gasteiger partial charge on any atom is 0.140 e. The number of hydrogen-bond acceptors (Lipinski definition) is 4. The van der Waals surface area contributed by atoms with Crippen LogP contribution in [0.2, 0.25) is 0 Å². The molecule has 1 N–H and O–H groups in total. The van der Waals surface area contributed by atoms with Crippen LogP contribution in [-0.4, -0.2) is 12.0 Å². The fraction of sp³-hybridized carbons (Fsp3) is 0.357. The summed E-state index contributed by atoms with van der Waals surface area (Å²) in [5.74, 6) is 0.945. The summed E-state index contributed by atoms with van der Waals surface area (Å²) >= 11 is 1.69. The molecule has 1 heterocycles. The van der Waals surface area contributed by atoms with Crippen LogP contribution in [0.25, 0.3) is 0 Å². The van der Waals surface area contributed by atoms with Crippen molar-refractivity contribution in [3.8, 4) is 5.75 Å². The van der Waals surface area contributed by atoms with E-state index >= 15 is 0 Å². The molecule has 4 heteroatoms. The molecule has 0 bridgehead atoms. The predicted molar refractivity (Wildman–Crippen MR) is 75.1 cm³/mol. The molecule has 0 atom stereocenters. The molecule has 0 aliphatic carbocycles. The van der Waals surface area contributed by atoms with E-state index in [1.807, 2.05) is 13.2 Å². The van der Waals surface area contributed by atoms with E-state index in [0.29, 0.717) is 6.61 Å². The summed E-state index contributed by atoms with van der Waals surface area (Å²) in [6, 6.07) is 6.24. The van der Waals surface area contributed by atoms with Crippen molar-refractivity contribution in [2.24, 2.45) is 0 Å². The van der Waals surface area contributed by atoms with Crippen LogP contribution >= 0.6 is 11.3 Å². The topological polar surface area (TPSA) is 34.2 Å². The minimum absolute atomic E-state index is 0.540. The van der Waals surface area contributed by atoms with Gasteiger partial charge in [-0.3, -0.25) is 0 Å². The van der Waals surface area contributed by atoms with Gasteiger partial charge in [0.25, 0.3) is 0 Å². The van der Waals surface area contributed by atoms with Crippen molar-refractivity contribution in [2.75, 3.05) is 7.05 Å². The van der Waals surface area contributed by atoms with E-state index in [1.54, 1.807) is 11.3 Å². The highest BCUT2D eigenvalue weighted by atomic mass is 32.1. The quantitative estimate of drug-likeness (QED) is 0.899. The first kappa shape index (κ1) is 13.1. The Balaban J connectivity index is 1.99. The van der Waals surface area contributed by atoms with E-state index in [9.17, 15) is 0 Å². The Hall–Kier alpha value is -1.39. The first-order chi connectivity index (χ1) is 8.69. The SMILES string of the molecule is CNCc1cnc(COc2cc(C)ccc2C)s1. The zero-order valence-corrected chi connectivity index (χ0v) is 11.8. The third kappa shape index (κ3) is 3.31. The molecule has 2 rings (SSSR count). The lowest BCUT2D eigenvalue weighted by atomic mass is 10.1. The zero-order chi connectivity index (χ0) is 13.0. The molecule has 0 amide bonds. The third-order valence-electron chi connectivity index (χ3n) is 2.65. The van der Waals surface area contributed by atoms with Crippen molar-refractivity contribution >= 4 is 11.3 Å². The van der Waals surface area contributed by atoms with Crippen LogP contribution < -0.4 is 10.1 Å². The second kappa shape index (κ2) is 5.98. The van der Waals surface area contributed by atoms with Gasteiger partial charge in [-0.05, 0) is 38.1 Å². The number of thiazole rings is 1. The van der Waals surface area contributed by atoms with Crippen LogP contribution in [0.1, 0.15) is 21.0 Å². The molecular weight excluding hydrogens is 244 g/mol. The first-order valence-corrected chi connectivity index (χ1v) is 6.79. The molecule has 18 heavy (non-hydrogen) atoms. The van der Waals surface area contributed by atoms with Gasteiger partial charge in [0.15, 0.2) is 0 Å². The van der Waals surface area contributed by atoms with Crippen molar-refractivity contribution in [3.05, 3.63) is 45.4 Å². The van der Waals surface area contributed by atoms with Gasteiger partial charge in [0.1, 0.15) is 17.4 Å². The fourth-order valence-corrected chi connectivity index (χ4v) is 2.52. The predicted octanol–water partition coefficient (Wildman–Crippen LogP) is 3.06. The molecule has 0 saturated carbocycles. The van der Waals surface area contributed by atoms with Crippen molar-refractivity contribution in [2.45, 2.75) is 27.0 Å². The summed E-state index contributed by atoms with van der Waals surface area (Å²) in [6.07, 6.45) is 1.91. The van der Waals surface area contributed by atoms with Crippen LogP contribution in [0.5, 0.6) is 5.75 Å². The molecule has 0 aliphatic heterocycles. The monoisotopic (exact) mass is 262 g/mol. The van der Waals surface area contributed by atoms with Gasteiger partial charge in [-0.25, -0.2) is 4.98 Å². The Morgan fingerprint density at radius 1 is 1.33 bits per heavy atom. The van der Waals surface area contributed by atoms with E-state index in [1.165, 1.54) is 10.4 Å². The smallest absolute Gasteiger partial charge is 0.140 e. The molecule has 0 saturated heterocycles. The molecular formula is C14H18N2OS. The minimum atomic E-state index is 0.540. The molecule has 0 fully saturated rings. The van der Waals surface area contributed by atoms with E-state index in [4.69, 9.17) is 4.74 Å². The number of ether oxygens (including phenoxy) is 1. The number of rotatable bonds is 5. The Bertz CT molecular complexity index is 522. The lowest BCUT2D eigenvalue weighted by Crippen LogP contribution is -2.02. The molecule has 0 radical (unpaired) electrons. The van der Waals surface area contributed by atoms with Crippen LogP contribution in [0.3, 0.4) is 0 Å². The van der Waals surface area contributed by atoms with Gasteiger partial charge in [-0.2, -0.15) is 0 Å². The molecule has 1 aromatic carbocycles. The van der Waals surface area contributed by atoms with Gasteiger partial charge in [-0.1, -0.05) is 12.1 Å². The number of nitrogens with zero attached hydrogens (tertiary/aromatic N) is 1. The number of hydrogen-bond donors (Lipinski definition) is 1. The molecule has 0 aliphatic rings. The van der Waals surface area contributed by atoms with Crippen molar-refractivity contribution in [3.63, 3.8) is 0 Å². The number of nitrogens with one attached hydrogen (secondary N) is 1. The largest absolute Gasteiger partial charge is 0.486 e. The Kier molecular flexibility index (Phi) is 4.33. The van der Waals surface area contributed by atoms with Gasteiger partial charge in [0.2, 0.25) is 0 Å². The lowest BCUT2D eigenvalue weighted by molar-refractivity contribution is 0.303. The second-order valence-corrected chi connectivity index (χ2v) is 5.51. The molecule has 2 aromatic rings. The number of aryl methyl sites for hydroxylation is 2. The summed E-state index contributed by atoms with van der Waals surface area (Å²) < 4.78 is 5.82. The van der Waals surface area contributed by atoms with Crippen molar-refractivity contribution < 1.29 is 4.74 Å². The Morgan fingerprint density at radius 2 is 2.17 bits per heavy atom. The van der Waals surface area contributed by atoms with E-state index in [-0.39, 0.29) is 0 Å². The third-order valence-corrected chi connectivity index (χ3v) is 3.62. The van der Waals surface area contributed by atoms with Gasteiger partial charge >= 0.3 is 0 Å². The highest BCUT2D eigenvalue weighted by molar-refractivity contribution is 7.11.